The van der Waals surface area contributed by atoms with Crippen LogP contribution >= 0.6 is 0 Å². The lowest BCUT2D eigenvalue weighted by Gasteiger charge is -2.24. The van der Waals surface area contributed by atoms with Crippen LogP contribution in [0.2, 0.25) is 0 Å². The molecule has 1 aromatic rings. The zero-order valence-corrected chi connectivity index (χ0v) is 11.4. The summed E-state index contributed by atoms with van der Waals surface area (Å²) in [4.78, 5) is 11.8. The topological polar surface area (TPSA) is 26.3 Å². The molecule has 0 heterocycles. The van der Waals surface area contributed by atoms with Gasteiger partial charge in [0.15, 0.2) is 5.78 Å². The molecule has 108 valence electrons. The van der Waals surface area contributed by atoms with Gasteiger partial charge in [-0.15, -0.1) is 0 Å². The number of hydrogen-bond acceptors (Lipinski definition) is 2. The summed E-state index contributed by atoms with van der Waals surface area (Å²) in [6, 6.07) is 2.85. The maximum absolute atomic E-state index is 13.4. The standard InChI is InChI=1S/C16H18F2O2/c1-11-4-2-3-5-12(11)9-20-10-16(19)14-8-13(17)6-7-15(14)18/h2-3,6-8,11-12H,4-5,9-10H2,1H3. The highest BCUT2D eigenvalue weighted by Gasteiger charge is 2.19. The molecule has 0 saturated carbocycles. The minimum atomic E-state index is -0.714. The van der Waals surface area contributed by atoms with Gasteiger partial charge in [0.25, 0.3) is 0 Å². The van der Waals surface area contributed by atoms with Gasteiger partial charge in [-0.25, -0.2) is 8.78 Å². The lowest BCUT2D eigenvalue weighted by atomic mass is 9.85. The van der Waals surface area contributed by atoms with Crippen LogP contribution in [-0.4, -0.2) is 19.0 Å². The summed E-state index contributed by atoms with van der Waals surface area (Å²) in [5, 5.41) is 0. The zero-order valence-electron chi connectivity index (χ0n) is 11.4. The van der Waals surface area contributed by atoms with E-state index in [2.05, 4.69) is 19.1 Å². The van der Waals surface area contributed by atoms with E-state index in [4.69, 9.17) is 4.74 Å². The minimum absolute atomic E-state index is 0.215. The molecule has 1 aromatic carbocycles. The van der Waals surface area contributed by atoms with Gasteiger partial charge >= 0.3 is 0 Å². The Labute approximate surface area is 117 Å². The molecule has 0 amide bonds. The molecule has 0 bridgehead atoms. The van der Waals surface area contributed by atoms with Crippen LogP contribution in [0.4, 0.5) is 8.78 Å². The van der Waals surface area contributed by atoms with E-state index in [9.17, 15) is 13.6 Å². The van der Waals surface area contributed by atoms with Gasteiger partial charge in [-0.2, -0.15) is 0 Å². The predicted octanol–water partition coefficient (Wildman–Crippen LogP) is 3.77. The van der Waals surface area contributed by atoms with Gasteiger partial charge in [0.1, 0.15) is 18.2 Å². The van der Waals surface area contributed by atoms with Crippen molar-refractivity contribution in [2.45, 2.75) is 19.8 Å². The van der Waals surface area contributed by atoms with Crippen molar-refractivity contribution >= 4 is 5.78 Å². The van der Waals surface area contributed by atoms with Crippen molar-refractivity contribution in [3.63, 3.8) is 0 Å². The summed E-state index contributed by atoms with van der Waals surface area (Å²) in [5.74, 6) is -0.970. The number of Topliss-reactive ketones (excluding diaryl/α,β-unsaturated/α-hetero) is 1. The Kier molecular flexibility index (Phi) is 5.01. The van der Waals surface area contributed by atoms with Gasteiger partial charge in [-0.05, 0) is 42.9 Å². The van der Waals surface area contributed by atoms with Crippen molar-refractivity contribution in [3.8, 4) is 0 Å². The van der Waals surface area contributed by atoms with Gasteiger partial charge in [0.2, 0.25) is 0 Å². The minimum Gasteiger partial charge on any atom is -0.373 e. The summed E-state index contributed by atoms with van der Waals surface area (Å²) >= 11 is 0. The largest absolute Gasteiger partial charge is 0.373 e. The fourth-order valence-corrected chi connectivity index (χ4v) is 2.33. The zero-order chi connectivity index (χ0) is 14.5. The van der Waals surface area contributed by atoms with Crippen molar-refractivity contribution in [3.05, 3.63) is 47.5 Å². The number of hydrogen-bond donors (Lipinski definition) is 0. The summed E-state index contributed by atoms with van der Waals surface area (Å²) in [7, 11) is 0. The molecule has 0 N–H and O–H groups in total. The lowest BCUT2D eigenvalue weighted by molar-refractivity contribution is 0.0599. The highest BCUT2D eigenvalue weighted by atomic mass is 19.1. The molecule has 0 spiro atoms. The van der Waals surface area contributed by atoms with Crippen LogP contribution in [0.3, 0.4) is 0 Å². The fourth-order valence-electron chi connectivity index (χ4n) is 2.33. The molecule has 2 unspecified atom stereocenters. The maximum atomic E-state index is 13.4. The van der Waals surface area contributed by atoms with Crippen LogP contribution in [0, 0.1) is 23.5 Å². The third kappa shape index (κ3) is 3.73. The van der Waals surface area contributed by atoms with E-state index in [1.165, 1.54) is 0 Å². The van der Waals surface area contributed by atoms with Gasteiger partial charge in [-0.1, -0.05) is 19.1 Å². The predicted molar refractivity (Wildman–Crippen MR) is 72.5 cm³/mol. The van der Waals surface area contributed by atoms with E-state index in [1.54, 1.807) is 0 Å². The second kappa shape index (κ2) is 6.75. The normalized spacial score (nSPS) is 21.9. The molecule has 0 fully saturated rings. The van der Waals surface area contributed by atoms with E-state index >= 15 is 0 Å². The van der Waals surface area contributed by atoms with Crippen LogP contribution in [0.15, 0.2) is 30.4 Å². The van der Waals surface area contributed by atoms with Crippen LogP contribution < -0.4 is 0 Å². The SMILES string of the molecule is CC1CC=CCC1COCC(=O)c1cc(F)ccc1F. The average molecular weight is 280 g/mol. The Hall–Kier alpha value is -1.55. The first-order chi connectivity index (χ1) is 9.58. The summed E-state index contributed by atoms with van der Waals surface area (Å²) < 4.78 is 31.8. The number of carbonyl (C=O) groups is 1. The Morgan fingerprint density at radius 2 is 2.05 bits per heavy atom. The van der Waals surface area contributed by atoms with E-state index in [1.807, 2.05) is 0 Å². The third-order valence-corrected chi connectivity index (χ3v) is 3.71. The molecule has 2 nitrogen and oxygen atoms in total. The van der Waals surface area contributed by atoms with Crippen molar-refractivity contribution in [1.82, 2.24) is 0 Å². The summed E-state index contributed by atoms with van der Waals surface area (Å²) in [6.45, 7) is 2.40. The number of allylic oxidation sites excluding steroid dienone is 2. The van der Waals surface area contributed by atoms with E-state index in [-0.39, 0.29) is 12.2 Å². The van der Waals surface area contributed by atoms with E-state index in [0.29, 0.717) is 18.4 Å². The first kappa shape index (κ1) is 14.9. The Bertz CT molecular complexity index is 511. The van der Waals surface area contributed by atoms with Crippen molar-refractivity contribution in [2.75, 3.05) is 13.2 Å². The molecule has 1 aliphatic rings. The lowest BCUT2D eigenvalue weighted by Crippen LogP contribution is -2.22. The molecule has 0 saturated heterocycles. The van der Waals surface area contributed by atoms with Crippen molar-refractivity contribution < 1.29 is 18.3 Å². The molecule has 0 aromatic heterocycles. The summed E-state index contributed by atoms with van der Waals surface area (Å²) in [6.07, 6.45) is 6.21. The second-order valence-electron chi connectivity index (χ2n) is 5.24. The fraction of sp³-hybridized carbons (Fsp3) is 0.438. The van der Waals surface area contributed by atoms with Gasteiger partial charge in [0, 0.05) is 0 Å². The smallest absolute Gasteiger partial charge is 0.191 e. The van der Waals surface area contributed by atoms with E-state index < -0.39 is 17.4 Å². The Morgan fingerprint density at radius 1 is 1.30 bits per heavy atom. The first-order valence-electron chi connectivity index (χ1n) is 6.79. The first-order valence-corrected chi connectivity index (χ1v) is 6.79. The van der Waals surface area contributed by atoms with Crippen LogP contribution in [-0.2, 0) is 4.74 Å². The number of ether oxygens (including phenoxy) is 1. The molecule has 4 heteroatoms. The van der Waals surface area contributed by atoms with Gasteiger partial charge < -0.3 is 4.74 Å². The highest BCUT2D eigenvalue weighted by molar-refractivity contribution is 5.97. The second-order valence-corrected chi connectivity index (χ2v) is 5.24. The number of rotatable bonds is 5. The number of benzene rings is 1. The molecule has 1 aliphatic carbocycles. The quantitative estimate of drug-likeness (QED) is 0.606. The van der Waals surface area contributed by atoms with Crippen LogP contribution in [0.25, 0.3) is 0 Å². The molecular weight excluding hydrogens is 262 g/mol. The number of ketones is 1. The highest BCUT2D eigenvalue weighted by Crippen LogP contribution is 2.25. The van der Waals surface area contributed by atoms with Crippen LogP contribution in [0.1, 0.15) is 30.1 Å². The Balaban J connectivity index is 1.86. The molecule has 0 aliphatic heterocycles. The Morgan fingerprint density at radius 3 is 2.80 bits per heavy atom. The van der Waals surface area contributed by atoms with Crippen LogP contribution in [0.5, 0.6) is 0 Å². The monoisotopic (exact) mass is 280 g/mol. The number of halogens is 2. The maximum Gasteiger partial charge on any atom is 0.191 e. The molecule has 0 radical (unpaired) electrons. The average Bonchev–Trinajstić information content (AvgIpc) is 2.43. The molecule has 2 rings (SSSR count). The van der Waals surface area contributed by atoms with Crippen molar-refractivity contribution in [2.24, 2.45) is 11.8 Å². The molecule has 2 atom stereocenters. The van der Waals surface area contributed by atoms with Gasteiger partial charge in [-0.3, -0.25) is 4.79 Å². The third-order valence-electron chi connectivity index (χ3n) is 3.71. The van der Waals surface area contributed by atoms with Crippen molar-refractivity contribution in [1.29, 1.82) is 0 Å². The molecule has 20 heavy (non-hydrogen) atoms. The molecular formula is C16H18F2O2. The van der Waals surface area contributed by atoms with E-state index in [0.717, 1.165) is 31.0 Å². The number of carbonyl (C=O) groups excluding carboxylic acids is 1. The van der Waals surface area contributed by atoms with Gasteiger partial charge in [0.05, 0.1) is 12.2 Å². The summed E-state index contributed by atoms with van der Waals surface area (Å²) in [5.41, 5.74) is -0.249.